The number of rotatable bonds is 6. The van der Waals surface area contributed by atoms with Gasteiger partial charge in [0, 0.05) is 11.8 Å². The number of fused-ring (bicyclic) bond motifs is 1. The fraction of sp³-hybridized carbons (Fsp3) is 0.529. The summed E-state index contributed by atoms with van der Waals surface area (Å²) < 4.78 is 0. The van der Waals surface area contributed by atoms with Crippen LogP contribution in [0.2, 0.25) is 0 Å². The van der Waals surface area contributed by atoms with Crippen LogP contribution in [-0.2, 0) is 4.79 Å². The van der Waals surface area contributed by atoms with Crippen molar-refractivity contribution in [2.45, 2.75) is 31.8 Å². The van der Waals surface area contributed by atoms with Gasteiger partial charge in [-0.3, -0.25) is 9.69 Å². The molecule has 23 heavy (non-hydrogen) atoms. The zero-order chi connectivity index (χ0) is 16.2. The van der Waals surface area contributed by atoms with Crippen LogP contribution in [-0.4, -0.2) is 51.9 Å². The maximum Gasteiger partial charge on any atom is 0.234 e. The van der Waals surface area contributed by atoms with Gasteiger partial charge >= 0.3 is 0 Å². The van der Waals surface area contributed by atoms with Crippen molar-refractivity contribution in [2.75, 3.05) is 25.1 Å². The van der Waals surface area contributed by atoms with Gasteiger partial charge in [-0.2, -0.15) is 11.8 Å². The van der Waals surface area contributed by atoms with E-state index >= 15 is 0 Å². The van der Waals surface area contributed by atoms with Gasteiger partial charge in [0.2, 0.25) is 5.91 Å². The molecular formula is C17H24N4OS. The molecule has 1 amide bonds. The van der Waals surface area contributed by atoms with Crippen molar-refractivity contribution in [2.24, 2.45) is 0 Å². The number of nitrogens with one attached hydrogen (secondary N) is 2. The first-order chi connectivity index (χ1) is 11.2. The minimum absolute atomic E-state index is 0.0664. The van der Waals surface area contributed by atoms with E-state index in [2.05, 4.69) is 27.1 Å². The Bertz CT molecular complexity index is 632. The number of hydrogen-bond donors (Lipinski definition) is 2. The number of amides is 1. The molecule has 1 aliphatic heterocycles. The van der Waals surface area contributed by atoms with Crippen molar-refractivity contribution in [1.82, 2.24) is 20.2 Å². The SMILES string of the molecule is CC[C@@H](NC(=O)CN(C)[C@@H]1CCSC1)c1nc2ccccc2[nH]1. The van der Waals surface area contributed by atoms with E-state index in [0.29, 0.717) is 12.6 Å². The Morgan fingerprint density at radius 2 is 2.35 bits per heavy atom. The fourth-order valence-electron chi connectivity index (χ4n) is 2.97. The summed E-state index contributed by atoms with van der Waals surface area (Å²) in [7, 11) is 2.04. The predicted molar refractivity (Wildman–Crippen MR) is 95.6 cm³/mol. The molecular weight excluding hydrogens is 308 g/mol. The lowest BCUT2D eigenvalue weighted by molar-refractivity contribution is -0.123. The van der Waals surface area contributed by atoms with Crippen LogP contribution in [0.4, 0.5) is 0 Å². The third kappa shape index (κ3) is 3.87. The van der Waals surface area contributed by atoms with E-state index in [0.717, 1.165) is 29.0 Å². The normalized spacial score (nSPS) is 19.3. The first kappa shape index (κ1) is 16.3. The number of H-pyrrole nitrogens is 1. The van der Waals surface area contributed by atoms with E-state index in [1.165, 1.54) is 12.2 Å². The number of para-hydroxylation sites is 2. The smallest absolute Gasteiger partial charge is 0.234 e. The van der Waals surface area contributed by atoms with Crippen molar-refractivity contribution in [3.8, 4) is 0 Å². The second kappa shape index (κ2) is 7.36. The highest BCUT2D eigenvalue weighted by atomic mass is 32.2. The topological polar surface area (TPSA) is 61.0 Å². The average molecular weight is 332 g/mol. The summed E-state index contributed by atoms with van der Waals surface area (Å²) in [5.41, 5.74) is 1.95. The standard InChI is InChI=1S/C17H24N4OS/c1-3-13(17-19-14-6-4-5-7-15(14)20-17)18-16(22)10-21(2)12-8-9-23-11-12/h4-7,12-13H,3,8-11H2,1-2H3,(H,18,22)(H,19,20)/t12-,13-/m1/s1. The highest BCUT2D eigenvalue weighted by molar-refractivity contribution is 7.99. The zero-order valence-corrected chi connectivity index (χ0v) is 14.5. The van der Waals surface area contributed by atoms with Crippen LogP contribution >= 0.6 is 11.8 Å². The number of thioether (sulfide) groups is 1. The van der Waals surface area contributed by atoms with E-state index < -0.39 is 0 Å². The van der Waals surface area contributed by atoms with E-state index in [1.54, 1.807) is 0 Å². The molecule has 0 saturated carbocycles. The monoisotopic (exact) mass is 332 g/mol. The number of imidazole rings is 1. The Balaban J connectivity index is 1.62. The summed E-state index contributed by atoms with van der Waals surface area (Å²) in [5, 5.41) is 3.12. The van der Waals surface area contributed by atoms with Crippen molar-refractivity contribution in [3.05, 3.63) is 30.1 Å². The summed E-state index contributed by atoms with van der Waals surface area (Å²) in [5.74, 6) is 3.23. The maximum atomic E-state index is 12.4. The second-order valence-corrected chi connectivity index (χ2v) is 7.25. The highest BCUT2D eigenvalue weighted by Gasteiger charge is 2.23. The Labute approximate surface area is 141 Å². The van der Waals surface area contributed by atoms with Gasteiger partial charge in [0.15, 0.2) is 0 Å². The molecule has 5 nitrogen and oxygen atoms in total. The number of aromatic nitrogens is 2. The van der Waals surface area contributed by atoms with Crippen LogP contribution in [0.25, 0.3) is 11.0 Å². The van der Waals surface area contributed by atoms with Crippen molar-refractivity contribution < 1.29 is 4.79 Å². The Morgan fingerprint density at radius 1 is 1.52 bits per heavy atom. The van der Waals surface area contributed by atoms with Crippen molar-refractivity contribution >= 4 is 28.7 Å². The Morgan fingerprint density at radius 3 is 3.04 bits per heavy atom. The van der Waals surface area contributed by atoms with E-state index in [4.69, 9.17) is 0 Å². The molecule has 1 aliphatic rings. The summed E-state index contributed by atoms with van der Waals surface area (Å²) in [6.07, 6.45) is 1.99. The first-order valence-corrected chi connectivity index (χ1v) is 9.35. The molecule has 6 heteroatoms. The fourth-order valence-corrected chi connectivity index (χ4v) is 4.27. The molecule has 2 heterocycles. The second-order valence-electron chi connectivity index (χ2n) is 6.10. The van der Waals surface area contributed by atoms with E-state index in [9.17, 15) is 4.79 Å². The molecule has 2 aromatic rings. The number of benzene rings is 1. The number of carbonyl (C=O) groups excluding carboxylic acids is 1. The summed E-state index contributed by atoms with van der Waals surface area (Å²) in [6, 6.07) is 8.40. The minimum atomic E-state index is -0.0683. The molecule has 1 aromatic carbocycles. The lowest BCUT2D eigenvalue weighted by Gasteiger charge is -2.24. The van der Waals surface area contributed by atoms with Crippen LogP contribution in [0.5, 0.6) is 0 Å². The van der Waals surface area contributed by atoms with Crippen molar-refractivity contribution in [3.63, 3.8) is 0 Å². The molecule has 1 aromatic heterocycles. The summed E-state index contributed by atoms with van der Waals surface area (Å²) in [4.78, 5) is 22.5. The van der Waals surface area contributed by atoms with E-state index in [1.807, 2.05) is 43.1 Å². The highest BCUT2D eigenvalue weighted by Crippen LogP contribution is 2.21. The van der Waals surface area contributed by atoms with Crippen LogP contribution < -0.4 is 5.32 Å². The molecule has 0 aliphatic carbocycles. The average Bonchev–Trinajstić information content (AvgIpc) is 3.21. The molecule has 124 valence electrons. The molecule has 3 rings (SSSR count). The Hall–Kier alpha value is -1.53. The van der Waals surface area contributed by atoms with Crippen LogP contribution in [0.1, 0.15) is 31.6 Å². The molecule has 0 unspecified atom stereocenters. The number of likely N-dealkylation sites (N-methyl/N-ethyl adjacent to an activating group) is 1. The van der Waals surface area contributed by atoms with Gasteiger partial charge in [-0.15, -0.1) is 0 Å². The van der Waals surface area contributed by atoms with Crippen LogP contribution in [0.3, 0.4) is 0 Å². The van der Waals surface area contributed by atoms with Gasteiger partial charge in [0.25, 0.3) is 0 Å². The van der Waals surface area contributed by atoms with Gasteiger partial charge in [-0.25, -0.2) is 4.98 Å². The van der Waals surface area contributed by atoms with E-state index in [-0.39, 0.29) is 11.9 Å². The number of aromatic amines is 1. The molecule has 0 bridgehead atoms. The van der Waals surface area contributed by atoms with Gasteiger partial charge < -0.3 is 10.3 Å². The Kier molecular flexibility index (Phi) is 5.23. The predicted octanol–water partition coefficient (Wildman–Crippen LogP) is 2.57. The first-order valence-electron chi connectivity index (χ1n) is 8.19. The van der Waals surface area contributed by atoms with Crippen LogP contribution in [0.15, 0.2) is 24.3 Å². The van der Waals surface area contributed by atoms with Gasteiger partial charge in [-0.1, -0.05) is 19.1 Å². The summed E-state index contributed by atoms with van der Waals surface area (Å²) in [6.45, 7) is 2.51. The molecule has 0 spiro atoms. The number of carbonyl (C=O) groups is 1. The number of nitrogens with zero attached hydrogens (tertiary/aromatic N) is 2. The quantitative estimate of drug-likeness (QED) is 0.853. The van der Waals surface area contributed by atoms with Gasteiger partial charge in [0.05, 0.1) is 23.6 Å². The van der Waals surface area contributed by atoms with Crippen LogP contribution in [0, 0.1) is 0 Å². The third-order valence-electron chi connectivity index (χ3n) is 4.40. The maximum absolute atomic E-state index is 12.4. The minimum Gasteiger partial charge on any atom is -0.345 e. The zero-order valence-electron chi connectivity index (χ0n) is 13.7. The molecule has 2 N–H and O–H groups in total. The largest absolute Gasteiger partial charge is 0.345 e. The number of hydrogen-bond acceptors (Lipinski definition) is 4. The summed E-state index contributed by atoms with van der Waals surface area (Å²) >= 11 is 1.97. The third-order valence-corrected chi connectivity index (χ3v) is 5.55. The van der Waals surface area contributed by atoms with Gasteiger partial charge in [0.1, 0.15) is 5.82 Å². The lowest BCUT2D eigenvalue weighted by atomic mass is 10.2. The molecule has 1 saturated heterocycles. The lowest BCUT2D eigenvalue weighted by Crippen LogP contribution is -2.41. The molecule has 0 radical (unpaired) electrons. The molecule has 2 atom stereocenters. The van der Waals surface area contributed by atoms with Crippen molar-refractivity contribution in [1.29, 1.82) is 0 Å². The molecule has 1 fully saturated rings. The van der Waals surface area contributed by atoms with Gasteiger partial charge in [-0.05, 0) is 37.8 Å².